The molecule has 2 unspecified atom stereocenters. The first-order valence-electron chi connectivity index (χ1n) is 11.4. The zero-order valence-corrected chi connectivity index (χ0v) is 19.7. The molecular weight excluding hydrogens is 439 g/mol. The van der Waals surface area contributed by atoms with Crippen molar-refractivity contribution >= 4 is 28.2 Å². The van der Waals surface area contributed by atoms with Gasteiger partial charge in [-0.15, -0.1) is 5.10 Å². The number of halogens is 1. The monoisotopic (exact) mass is 468 g/mol. The first-order valence-corrected chi connectivity index (χ1v) is 11.4. The molecule has 34 heavy (non-hydrogen) atoms. The number of aliphatic hydroxyl groups excluding tert-OH is 1. The lowest BCUT2D eigenvalue weighted by Crippen LogP contribution is -2.38. The Hall–Kier alpha value is -3.47. The standard InChI is InChI=1S/C23H29FN8O2/c1-13(33)23(2,3)31-12-15(10-26-31)30-7-5-6-14(11-30)20-28-21-16-8-17(24)19(34-4)9-18(16)27-22(25)32(21)29-20/h8-10,12-14,33H,5-7,11H2,1-4H3,(H2,25,27). The molecule has 1 saturated heterocycles. The second-order valence-corrected chi connectivity index (χ2v) is 9.44. The van der Waals surface area contributed by atoms with Crippen molar-refractivity contribution in [2.24, 2.45) is 0 Å². The summed E-state index contributed by atoms with van der Waals surface area (Å²) in [6, 6.07) is 2.88. The van der Waals surface area contributed by atoms with Crippen LogP contribution < -0.4 is 15.4 Å². The van der Waals surface area contributed by atoms with Crippen molar-refractivity contribution in [3.05, 3.63) is 36.2 Å². The number of rotatable bonds is 5. The number of aliphatic hydroxyl groups is 1. The zero-order valence-electron chi connectivity index (χ0n) is 19.7. The number of nitrogen functional groups attached to an aromatic ring is 1. The van der Waals surface area contributed by atoms with E-state index in [4.69, 9.17) is 15.5 Å². The molecule has 0 radical (unpaired) electrons. The van der Waals surface area contributed by atoms with Gasteiger partial charge >= 0.3 is 0 Å². The lowest BCUT2D eigenvalue weighted by atomic mass is 9.97. The molecule has 2 atom stereocenters. The highest BCUT2D eigenvalue weighted by Gasteiger charge is 2.30. The minimum Gasteiger partial charge on any atom is -0.494 e. The number of anilines is 2. The normalized spacial score (nSPS) is 18.1. The van der Waals surface area contributed by atoms with Crippen molar-refractivity contribution in [1.29, 1.82) is 0 Å². The highest BCUT2D eigenvalue weighted by molar-refractivity contribution is 5.93. The van der Waals surface area contributed by atoms with Gasteiger partial charge in [0, 0.05) is 36.7 Å². The molecule has 5 rings (SSSR count). The van der Waals surface area contributed by atoms with Crippen molar-refractivity contribution in [2.45, 2.75) is 51.2 Å². The van der Waals surface area contributed by atoms with E-state index < -0.39 is 17.5 Å². The summed E-state index contributed by atoms with van der Waals surface area (Å²) in [7, 11) is 1.41. The molecule has 0 bridgehead atoms. The Kier molecular flexibility index (Phi) is 5.31. The van der Waals surface area contributed by atoms with Crippen LogP contribution >= 0.6 is 0 Å². The van der Waals surface area contributed by atoms with Crippen LogP contribution in [0.25, 0.3) is 16.6 Å². The number of hydrogen-bond acceptors (Lipinski definition) is 8. The summed E-state index contributed by atoms with van der Waals surface area (Å²) in [6.07, 6.45) is 5.14. The highest BCUT2D eigenvalue weighted by Crippen LogP contribution is 2.32. The maximum absolute atomic E-state index is 14.4. The van der Waals surface area contributed by atoms with Crippen molar-refractivity contribution in [2.75, 3.05) is 30.8 Å². The van der Waals surface area contributed by atoms with Gasteiger partial charge in [-0.05, 0) is 39.7 Å². The number of nitrogens with zero attached hydrogens (tertiary/aromatic N) is 7. The van der Waals surface area contributed by atoms with Gasteiger partial charge < -0.3 is 20.5 Å². The molecule has 1 fully saturated rings. The van der Waals surface area contributed by atoms with Crippen LogP contribution in [0.3, 0.4) is 0 Å². The Morgan fingerprint density at radius 3 is 2.82 bits per heavy atom. The second kappa shape index (κ2) is 8.08. The SMILES string of the molecule is COc1cc2nc(N)n3nc(C4CCCN(c5cnn(C(C)(C)C(C)O)c5)C4)nc3c2cc1F. The smallest absolute Gasteiger partial charge is 0.223 e. The molecule has 11 heteroatoms. The van der Waals surface area contributed by atoms with E-state index in [-0.39, 0.29) is 17.6 Å². The Balaban J connectivity index is 1.47. The van der Waals surface area contributed by atoms with Gasteiger partial charge in [0.15, 0.2) is 23.0 Å². The molecule has 1 aromatic carbocycles. The van der Waals surface area contributed by atoms with Crippen LogP contribution in [0.15, 0.2) is 24.5 Å². The van der Waals surface area contributed by atoms with Gasteiger partial charge in [-0.2, -0.15) is 9.61 Å². The van der Waals surface area contributed by atoms with Gasteiger partial charge in [0.2, 0.25) is 5.95 Å². The van der Waals surface area contributed by atoms with Crippen LogP contribution in [0.4, 0.5) is 16.0 Å². The average Bonchev–Trinajstić information content (AvgIpc) is 3.48. The van der Waals surface area contributed by atoms with E-state index in [9.17, 15) is 9.50 Å². The predicted molar refractivity (Wildman–Crippen MR) is 127 cm³/mol. The van der Waals surface area contributed by atoms with Crippen LogP contribution in [0.1, 0.15) is 45.4 Å². The lowest BCUT2D eigenvalue weighted by Gasteiger charge is -2.32. The number of piperidine rings is 1. The molecule has 10 nitrogen and oxygen atoms in total. The summed E-state index contributed by atoms with van der Waals surface area (Å²) in [5.41, 5.74) is 7.60. The lowest BCUT2D eigenvalue weighted by molar-refractivity contribution is 0.0647. The molecular formula is C23H29FN8O2. The number of nitrogens with two attached hydrogens (primary N) is 1. The van der Waals surface area contributed by atoms with Gasteiger partial charge in [-0.1, -0.05) is 0 Å². The molecule has 180 valence electrons. The Bertz CT molecular complexity index is 1360. The quantitative estimate of drug-likeness (QED) is 0.459. The van der Waals surface area contributed by atoms with Gasteiger partial charge in [0.25, 0.3) is 0 Å². The molecule has 1 aliphatic heterocycles. The summed E-state index contributed by atoms with van der Waals surface area (Å²) in [6.45, 7) is 7.28. The fraction of sp³-hybridized carbons (Fsp3) is 0.478. The fourth-order valence-corrected chi connectivity index (χ4v) is 4.38. The predicted octanol–water partition coefficient (Wildman–Crippen LogP) is 2.70. The first-order chi connectivity index (χ1) is 16.2. The van der Waals surface area contributed by atoms with Gasteiger partial charge in [0.1, 0.15) is 0 Å². The Morgan fingerprint density at radius 1 is 1.29 bits per heavy atom. The number of ether oxygens (including phenoxy) is 1. The molecule has 3 N–H and O–H groups in total. The summed E-state index contributed by atoms with van der Waals surface area (Å²) in [4.78, 5) is 11.4. The molecule has 0 spiro atoms. The zero-order chi connectivity index (χ0) is 24.2. The summed E-state index contributed by atoms with van der Waals surface area (Å²) < 4.78 is 22.8. The van der Waals surface area contributed by atoms with E-state index in [0.717, 1.165) is 25.1 Å². The number of methoxy groups -OCH3 is 1. The summed E-state index contributed by atoms with van der Waals surface area (Å²) in [5, 5.41) is 19.8. The third-order valence-corrected chi connectivity index (χ3v) is 6.92. The molecule has 1 aliphatic rings. The van der Waals surface area contributed by atoms with E-state index in [2.05, 4.69) is 20.1 Å². The minimum atomic E-state index is -0.546. The topological polar surface area (TPSA) is 120 Å². The number of aromatic nitrogens is 6. The Labute approximate surface area is 196 Å². The summed E-state index contributed by atoms with van der Waals surface area (Å²) >= 11 is 0. The van der Waals surface area contributed by atoms with Crippen LogP contribution in [0, 0.1) is 5.82 Å². The molecule has 3 aromatic heterocycles. The van der Waals surface area contributed by atoms with Crippen molar-refractivity contribution in [3.63, 3.8) is 0 Å². The van der Waals surface area contributed by atoms with E-state index in [0.29, 0.717) is 28.9 Å². The largest absolute Gasteiger partial charge is 0.494 e. The first kappa shape index (κ1) is 22.3. The van der Waals surface area contributed by atoms with Crippen LogP contribution in [-0.4, -0.2) is 60.8 Å². The fourth-order valence-electron chi connectivity index (χ4n) is 4.38. The third kappa shape index (κ3) is 3.60. The van der Waals surface area contributed by atoms with E-state index in [1.165, 1.54) is 23.8 Å². The molecule has 0 aliphatic carbocycles. The number of fused-ring (bicyclic) bond motifs is 3. The number of benzene rings is 1. The van der Waals surface area contributed by atoms with E-state index >= 15 is 0 Å². The number of hydrogen-bond donors (Lipinski definition) is 2. The average molecular weight is 469 g/mol. The second-order valence-electron chi connectivity index (χ2n) is 9.44. The van der Waals surface area contributed by atoms with Gasteiger partial charge in [-0.25, -0.2) is 14.4 Å². The van der Waals surface area contributed by atoms with Crippen LogP contribution in [-0.2, 0) is 5.54 Å². The highest BCUT2D eigenvalue weighted by atomic mass is 19.1. The van der Waals surface area contributed by atoms with Gasteiger partial charge in [0.05, 0.1) is 36.2 Å². The third-order valence-electron chi connectivity index (χ3n) is 6.92. The summed E-state index contributed by atoms with van der Waals surface area (Å²) in [5.74, 6) is 0.516. The molecule has 4 aromatic rings. The molecule has 0 saturated carbocycles. The van der Waals surface area contributed by atoms with E-state index in [1.807, 2.05) is 26.2 Å². The maximum atomic E-state index is 14.4. The van der Waals surface area contributed by atoms with Crippen molar-refractivity contribution < 1.29 is 14.2 Å². The van der Waals surface area contributed by atoms with E-state index in [1.54, 1.807) is 11.6 Å². The molecule has 0 amide bonds. The Morgan fingerprint density at radius 2 is 2.09 bits per heavy atom. The van der Waals surface area contributed by atoms with Crippen molar-refractivity contribution in [3.8, 4) is 5.75 Å². The van der Waals surface area contributed by atoms with Crippen LogP contribution in [0.2, 0.25) is 0 Å². The maximum Gasteiger partial charge on any atom is 0.223 e. The van der Waals surface area contributed by atoms with Gasteiger partial charge in [-0.3, -0.25) is 4.68 Å². The van der Waals surface area contributed by atoms with Crippen LogP contribution in [0.5, 0.6) is 5.75 Å². The van der Waals surface area contributed by atoms with Crippen molar-refractivity contribution in [1.82, 2.24) is 29.4 Å². The molecule has 4 heterocycles. The minimum absolute atomic E-state index is 0.0688.